The fraction of sp³-hybridized carbons (Fsp3) is 0.636. The maximum atomic E-state index is 11.6. The summed E-state index contributed by atoms with van der Waals surface area (Å²) in [6, 6.07) is 0.424. The van der Waals surface area contributed by atoms with Crippen molar-refractivity contribution in [2.24, 2.45) is 0 Å². The van der Waals surface area contributed by atoms with Gasteiger partial charge in [-0.05, 0) is 26.7 Å². The zero-order chi connectivity index (χ0) is 11.0. The minimum absolute atomic E-state index is 0.218. The van der Waals surface area contributed by atoms with E-state index in [1.165, 1.54) is 4.88 Å². The Labute approximate surface area is 94.1 Å². The number of thiazole rings is 1. The van der Waals surface area contributed by atoms with Crippen molar-refractivity contribution in [3.63, 3.8) is 0 Å². The van der Waals surface area contributed by atoms with Crippen molar-refractivity contribution < 1.29 is 4.79 Å². The molecule has 1 aliphatic rings. The third-order valence-corrected chi connectivity index (χ3v) is 4.04. The molecule has 0 spiro atoms. The topological polar surface area (TPSA) is 33.2 Å². The minimum atomic E-state index is 0.218. The van der Waals surface area contributed by atoms with E-state index in [0.717, 1.165) is 23.7 Å². The van der Waals surface area contributed by atoms with Crippen LogP contribution < -0.4 is 4.90 Å². The first-order valence-electron chi connectivity index (χ1n) is 5.35. The van der Waals surface area contributed by atoms with Gasteiger partial charge in [0.1, 0.15) is 5.69 Å². The van der Waals surface area contributed by atoms with Gasteiger partial charge in [0.2, 0.25) is 0 Å². The van der Waals surface area contributed by atoms with Crippen LogP contribution in [0.3, 0.4) is 0 Å². The van der Waals surface area contributed by atoms with E-state index < -0.39 is 0 Å². The van der Waals surface area contributed by atoms with Gasteiger partial charge in [-0.3, -0.25) is 4.79 Å². The van der Waals surface area contributed by atoms with Crippen molar-refractivity contribution in [2.45, 2.75) is 39.2 Å². The van der Waals surface area contributed by atoms with Crippen molar-refractivity contribution in [1.82, 2.24) is 4.98 Å². The Kier molecular flexibility index (Phi) is 2.78. The first-order chi connectivity index (χ1) is 7.09. The van der Waals surface area contributed by atoms with E-state index in [9.17, 15) is 4.79 Å². The van der Waals surface area contributed by atoms with E-state index in [-0.39, 0.29) is 5.78 Å². The average Bonchev–Trinajstić information content (AvgIpc) is 2.61. The summed E-state index contributed by atoms with van der Waals surface area (Å²) >= 11 is 1.67. The summed E-state index contributed by atoms with van der Waals surface area (Å²) in [5.74, 6) is 0.218. The molecule has 0 atom stereocenters. The summed E-state index contributed by atoms with van der Waals surface area (Å²) in [5.41, 5.74) is 0.730. The summed E-state index contributed by atoms with van der Waals surface area (Å²) in [7, 11) is 2.03. The molecular weight excluding hydrogens is 208 g/mol. The van der Waals surface area contributed by atoms with Gasteiger partial charge in [-0.2, -0.15) is 0 Å². The highest BCUT2D eigenvalue weighted by atomic mass is 32.1. The Hall–Kier alpha value is -0.900. The van der Waals surface area contributed by atoms with Gasteiger partial charge in [0.25, 0.3) is 0 Å². The van der Waals surface area contributed by atoms with Gasteiger partial charge in [-0.1, -0.05) is 0 Å². The zero-order valence-electron chi connectivity index (χ0n) is 9.41. The fourth-order valence-electron chi connectivity index (χ4n) is 1.63. The number of carbonyl (C=O) groups excluding carboxylic acids is 1. The van der Waals surface area contributed by atoms with Crippen molar-refractivity contribution in [1.29, 1.82) is 0 Å². The predicted octanol–water partition coefficient (Wildman–Crippen LogP) is 2.51. The normalized spacial score (nSPS) is 15.6. The number of ketones is 1. The minimum Gasteiger partial charge on any atom is -0.349 e. The number of carbonyl (C=O) groups is 1. The van der Waals surface area contributed by atoms with E-state index in [1.54, 1.807) is 11.3 Å². The molecule has 0 saturated heterocycles. The Morgan fingerprint density at radius 2 is 2.13 bits per heavy atom. The molecule has 0 radical (unpaired) electrons. The number of hydrogen-bond acceptors (Lipinski definition) is 4. The quantitative estimate of drug-likeness (QED) is 0.774. The molecule has 4 heteroatoms. The molecule has 0 N–H and O–H groups in total. The van der Waals surface area contributed by atoms with Gasteiger partial charge >= 0.3 is 0 Å². The Morgan fingerprint density at radius 3 is 2.73 bits per heavy atom. The molecule has 0 fully saturated rings. The van der Waals surface area contributed by atoms with Gasteiger partial charge in [-0.15, -0.1) is 11.3 Å². The molecular formula is C11H16N2OS. The maximum Gasteiger partial charge on any atom is 0.186 e. The number of hydrogen-bond donors (Lipinski definition) is 0. The van der Waals surface area contributed by atoms with Crippen LogP contribution >= 0.6 is 11.3 Å². The standard InChI is InChI=1S/C11H16N2OS/c1-7(2)13(3)11-12-10-8(14)5-4-6-9(10)15-11/h7H,4-6H2,1-3H3. The summed E-state index contributed by atoms with van der Waals surface area (Å²) in [5, 5.41) is 0.977. The summed E-state index contributed by atoms with van der Waals surface area (Å²) in [6.45, 7) is 4.25. The Balaban J connectivity index is 2.33. The number of Topliss-reactive ketones (excluding diaryl/α,β-unsaturated/α-hetero) is 1. The van der Waals surface area contributed by atoms with E-state index >= 15 is 0 Å². The number of rotatable bonds is 2. The second kappa shape index (κ2) is 3.93. The highest BCUT2D eigenvalue weighted by molar-refractivity contribution is 7.16. The number of fused-ring (bicyclic) bond motifs is 1. The van der Waals surface area contributed by atoms with Crippen LogP contribution in [0.25, 0.3) is 0 Å². The first kappa shape index (κ1) is 10.6. The largest absolute Gasteiger partial charge is 0.349 e. The van der Waals surface area contributed by atoms with Crippen LogP contribution in [0.4, 0.5) is 5.13 Å². The van der Waals surface area contributed by atoms with Crippen LogP contribution in [-0.4, -0.2) is 23.9 Å². The fourth-order valence-corrected chi connectivity index (χ4v) is 2.84. The smallest absolute Gasteiger partial charge is 0.186 e. The molecule has 1 aliphatic carbocycles. The van der Waals surface area contributed by atoms with Gasteiger partial charge in [0.15, 0.2) is 10.9 Å². The average molecular weight is 224 g/mol. The molecule has 0 bridgehead atoms. The number of anilines is 1. The zero-order valence-corrected chi connectivity index (χ0v) is 10.2. The molecule has 3 nitrogen and oxygen atoms in total. The van der Waals surface area contributed by atoms with Gasteiger partial charge in [-0.25, -0.2) is 4.98 Å². The molecule has 0 unspecified atom stereocenters. The van der Waals surface area contributed by atoms with Crippen molar-refractivity contribution in [2.75, 3.05) is 11.9 Å². The van der Waals surface area contributed by atoms with Crippen LogP contribution in [0, 0.1) is 0 Å². The molecule has 0 aromatic carbocycles. The highest BCUT2D eigenvalue weighted by Crippen LogP contribution is 2.31. The molecule has 1 heterocycles. The van der Waals surface area contributed by atoms with Crippen LogP contribution in [-0.2, 0) is 6.42 Å². The molecule has 0 saturated carbocycles. The first-order valence-corrected chi connectivity index (χ1v) is 6.17. The lowest BCUT2D eigenvalue weighted by atomic mass is 10.0. The Bertz CT molecular complexity index is 384. The summed E-state index contributed by atoms with van der Waals surface area (Å²) in [4.78, 5) is 19.4. The van der Waals surface area contributed by atoms with E-state index in [2.05, 4.69) is 23.7 Å². The van der Waals surface area contributed by atoms with Crippen molar-refractivity contribution in [3.05, 3.63) is 10.6 Å². The lowest BCUT2D eigenvalue weighted by molar-refractivity contribution is 0.0968. The molecule has 1 aromatic rings. The lowest BCUT2D eigenvalue weighted by Gasteiger charge is -2.19. The summed E-state index contributed by atoms with van der Waals surface area (Å²) < 4.78 is 0. The lowest BCUT2D eigenvalue weighted by Crippen LogP contribution is -2.25. The van der Waals surface area contributed by atoms with E-state index in [4.69, 9.17) is 0 Å². The monoisotopic (exact) mass is 224 g/mol. The number of aromatic nitrogens is 1. The van der Waals surface area contributed by atoms with Gasteiger partial charge in [0, 0.05) is 24.4 Å². The molecule has 82 valence electrons. The van der Waals surface area contributed by atoms with Crippen LogP contribution in [0.1, 0.15) is 42.1 Å². The van der Waals surface area contributed by atoms with E-state index in [1.807, 2.05) is 7.05 Å². The molecule has 15 heavy (non-hydrogen) atoms. The number of aryl methyl sites for hydroxylation is 1. The van der Waals surface area contributed by atoms with Gasteiger partial charge in [0.05, 0.1) is 0 Å². The third kappa shape index (κ3) is 1.91. The summed E-state index contributed by atoms with van der Waals surface area (Å²) in [6.07, 6.45) is 2.67. The van der Waals surface area contributed by atoms with Crippen LogP contribution in [0.5, 0.6) is 0 Å². The van der Waals surface area contributed by atoms with Gasteiger partial charge < -0.3 is 4.90 Å². The van der Waals surface area contributed by atoms with Crippen molar-refractivity contribution >= 4 is 22.3 Å². The second-order valence-corrected chi connectivity index (χ2v) is 5.31. The molecule has 2 rings (SSSR count). The van der Waals surface area contributed by atoms with Crippen molar-refractivity contribution in [3.8, 4) is 0 Å². The highest BCUT2D eigenvalue weighted by Gasteiger charge is 2.23. The van der Waals surface area contributed by atoms with Crippen LogP contribution in [0.15, 0.2) is 0 Å². The predicted molar refractivity (Wildman–Crippen MR) is 62.9 cm³/mol. The van der Waals surface area contributed by atoms with E-state index in [0.29, 0.717) is 12.5 Å². The second-order valence-electron chi connectivity index (χ2n) is 4.25. The SMILES string of the molecule is CC(C)N(C)c1nc2c(s1)CCCC2=O. The Morgan fingerprint density at radius 1 is 1.40 bits per heavy atom. The molecule has 1 aromatic heterocycles. The maximum absolute atomic E-state index is 11.6. The number of nitrogens with zero attached hydrogens (tertiary/aromatic N) is 2. The molecule has 0 amide bonds. The third-order valence-electron chi connectivity index (χ3n) is 2.83. The van der Waals surface area contributed by atoms with Crippen LogP contribution in [0.2, 0.25) is 0 Å². The molecule has 0 aliphatic heterocycles.